The number of esters is 2. The number of aliphatic hydroxyl groups excluding tert-OH is 1. The van der Waals surface area contributed by atoms with E-state index in [4.69, 9.17) is 9.47 Å². The van der Waals surface area contributed by atoms with Gasteiger partial charge in [0.2, 0.25) is 0 Å². The van der Waals surface area contributed by atoms with Crippen molar-refractivity contribution in [2.24, 2.45) is 0 Å². The second-order valence-electron chi connectivity index (χ2n) is 5.77. The van der Waals surface area contributed by atoms with E-state index in [0.717, 1.165) is 0 Å². The van der Waals surface area contributed by atoms with Gasteiger partial charge in [-0.1, -0.05) is 6.58 Å². The number of aliphatic hydroxyl groups is 1. The molecule has 23 heavy (non-hydrogen) atoms. The summed E-state index contributed by atoms with van der Waals surface area (Å²) in [5, 5.41) is 10.1. The standard InChI is InChI=1S/C17H20O6/c1-9-4-5-12-13(8-22-11(3)18)17(21)23-16(12)6-10(2)15(20)7-14(9)19/h6,15-16,20H,1,4-5,7-8H2,2-3H3/b10-6+/t15-,16-/m0/s1. The minimum Gasteiger partial charge on any atom is -0.461 e. The van der Waals surface area contributed by atoms with Gasteiger partial charge in [-0.3, -0.25) is 9.59 Å². The Morgan fingerprint density at radius 3 is 2.78 bits per heavy atom. The van der Waals surface area contributed by atoms with Crippen LogP contribution >= 0.6 is 0 Å². The van der Waals surface area contributed by atoms with Crippen molar-refractivity contribution in [1.29, 1.82) is 0 Å². The first-order valence-electron chi connectivity index (χ1n) is 7.43. The highest BCUT2D eigenvalue weighted by molar-refractivity contribution is 5.96. The van der Waals surface area contributed by atoms with Crippen LogP contribution in [0.25, 0.3) is 0 Å². The molecule has 0 unspecified atom stereocenters. The van der Waals surface area contributed by atoms with Crippen LogP contribution in [0.2, 0.25) is 0 Å². The Morgan fingerprint density at radius 2 is 2.13 bits per heavy atom. The van der Waals surface area contributed by atoms with Crippen LogP contribution < -0.4 is 0 Å². The highest BCUT2D eigenvalue weighted by atomic mass is 16.6. The normalized spacial score (nSPS) is 28.0. The van der Waals surface area contributed by atoms with E-state index in [1.807, 2.05) is 0 Å². The van der Waals surface area contributed by atoms with E-state index in [2.05, 4.69) is 6.58 Å². The zero-order chi connectivity index (χ0) is 17.1. The third-order valence-electron chi connectivity index (χ3n) is 4.04. The second-order valence-corrected chi connectivity index (χ2v) is 5.77. The maximum Gasteiger partial charge on any atom is 0.338 e. The molecule has 6 heteroatoms. The summed E-state index contributed by atoms with van der Waals surface area (Å²) in [5.41, 5.74) is 1.91. The summed E-state index contributed by atoms with van der Waals surface area (Å²) in [7, 11) is 0. The van der Waals surface area contributed by atoms with E-state index in [9.17, 15) is 19.5 Å². The Kier molecular flexibility index (Phi) is 5.15. The predicted molar refractivity (Wildman–Crippen MR) is 81.3 cm³/mol. The van der Waals surface area contributed by atoms with Gasteiger partial charge in [0.25, 0.3) is 0 Å². The molecular weight excluding hydrogens is 300 g/mol. The number of rotatable bonds is 2. The number of hydrogen-bond acceptors (Lipinski definition) is 6. The minimum atomic E-state index is -0.935. The van der Waals surface area contributed by atoms with Gasteiger partial charge in [0.15, 0.2) is 5.78 Å². The summed E-state index contributed by atoms with van der Waals surface area (Å²) in [6, 6.07) is 0. The lowest BCUT2D eigenvalue weighted by Crippen LogP contribution is -2.20. The maximum absolute atomic E-state index is 12.0. The summed E-state index contributed by atoms with van der Waals surface area (Å²) >= 11 is 0. The van der Waals surface area contributed by atoms with Crippen molar-refractivity contribution in [2.75, 3.05) is 6.61 Å². The van der Waals surface area contributed by atoms with Crippen LogP contribution in [-0.4, -0.2) is 41.6 Å². The number of Topliss-reactive ketones (excluding diaryl/α,β-unsaturated/α-hetero) is 1. The maximum atomic E-state index is 12.0. The third kappa shape index (κ3) is 3.96. The molecule has 6 nitrogen and oxygen atoms in total. The Hall–Kier alpha value is -2.21. The molecule has 0 amide bonds. The number of ketones is 1. The molecule has 1 N–H and O–H groups in total. The summed E-state index contributed by atoms with van der Waals surface area (Å²) in [4.78, 5) is 35.0. The molecule has 0 radical (unpaired) electrons. The first-order chi connectivity index (χ1) is 10.8. The lowest BCUT2D eigenvalue weighted by Gasteiger charge is -2.18. The smallest absolute Gasteiger partial charge is 0.338 e. The Bertz CT molecular complexity index is 625. The molecule has 1 aliphatic carbocycles. The highest BCUT2D eigenvalue weighted by Gasteiger charge is 2.34. The topological polar surface area (TPSA) is 89.9 Å². The summed E-state index contributed by atoms with van der Waals surface area (Å²) < 4.78 is 10.2. The first kappa shape index (κ1) is 17.1. The van der Waals surface area contributed by atoms with Crippen LogP contribution in [0.5, 0.6) is 0 Å². The number of carbonyl (C=O) groups is 3. The fourth-order valence-electron chi connectivity index (χ4n) is 2.57. The van der Waals surface area contributed by atoms with E-state index < -0.39 is 24.1 Å². The van der Waals surface area contributed by atoms with Crippen LogP contribution in [0.4, 0.5) is 0 Å². The molecule has 2 atom stereocenters. The van der Waals surface area contributed by atoms with Crippen LogP contribution in [0.15, 0.2) is 34.9 Å². The molecule has 0 saturated heterocycles. The fourth-order valence-corrected chi connectivity index (χ4v) is 2.57. The van der Waals surface area contributed by atoms with E-state index in [1.165, 1.54) is 6.92 Å². The SMILES string of the molecule is C=C1CCC2=C(COC(C)=O)C(=O)O[C@H]2/C=C(\C)[C@@H](O)CC1=O. The monoisotopic (exact) mass is 320 g/mol. The van der Waals surface area contributed by atoms with Crippen LogP contribution in [0.3, 0.4) is 0 Å². The largest absolute Gasteiger partial charge is 0.461 e. The van der Waals surface area contributed by atoms with Crippen LogP contribution in [-0.2, 0) is 23.9 Å². The molecule has 0 fully saturated rings. The molecule has 124 valence electrons. The molecule has 0 spiro atoms. The van der Waals surface area contributed by atoms with Gasteiger partial charge in [0, 0.05) is 13.3 Å². The van der Waals surface area contributed by atoms with Crippen molar-refractivity contribution in [2.45, 2.75) is 45.3 Å². The van der Waals surface area contributed by atoms with E-state index in [1.54, 1.807) is 13.0 Å². The Labute approximate surface area is 134 Å². The van der Waals surface area contributed by atoms with Gasteiger partial charge in [-0.15, -0.1) is 0 Å². The molecule has 0 saturated carbocycles. The zero-order valence-corrected chi connectivity index (χ0v) is 13.3. The zero-order valence-electron chi connectivity index (χ0n) is 13.3. The molecule has 0 aromatic carbocycles. The fraction of sp³-hybridized carbons (Fsp3) is 0.471. The first-order valence-corrected chi connectivity index (χ1v) is 7.43. The molecule has 2 aliphatic rings. The summed E-state index contributed by atoms with van der Waals surface area (Å²) in [6.45, 7) is 6.53. The number of fused-ring (bicyclic) bond motifs is 1. The quantitative estimate of drug-likeness (QED) is 0.470. The molecule has 0 bridgehead atoms. The average Bonchev–Trinajstić information content (AvgIpc) is 2.76. The molecule has 1 aliphatic heterocycles. The Morgan fingerprint density at radius 1 is 1.43 bits per heavy atom. The van der Waals surface area contributed by atoms with Crippen molar-refractivity contribution in [1.82, 2.24) is 0 Å². The predicted octanol–water partition coefficient (Wildman–Crippen LogP) is 1.39. The van der Waals surface area contributed by atoms with Gasteiger partial charge in [-0.25, -0.2) is 4.79 Å². The van der Waals surface area contributed by atoms with E-state index >= 15 is 0 Å². The summed E-state index contributed by atoms with van der Waals surface area (Å²) in [5.74, 6) is -1.23. The van der Waals surface area contributed by atoms with Crippen molar-refractivity contribution in [3.05, 3.63) is 34.9 Å². The highest BCUT2D eigenvalue weighted by Crippen LogP contribution is 2.31. The lowest BCUT2D eigenvalue weighted by atomic mass is 9.90. The van der Waals surface area contributed by atoms with Gasteiger partial charge in [-0.2, -0.15) is 0 Å². The van der Waals surface area contributed by atoms with E-state index in [0.29, 0.717) is 35.1 Å². The third-order valence-corrected chi connectivity index (χ3v) is 4.04. The van der Waals surface area contributed by atoms with Crippen molar-refractivity contribution in [3.8, 4) is 0 Å². The van der Waals surface area contributed by atoms with Gasteiger partial charge >= 0.3 is 11.9 Å². The number of hydrogen-bond donors (Lipinski definition) is 1. The van der Waals surface area contributed by atoms with Crippen LogP contribution in [0, 0.1) is 0 Å². The minimum absolute atomic E-state index is 0.0266. The number of carbonyl (C=O) groups excluding carboxylic acids is 3. The molecule has 0 aromatic heterocycles. The van der Waals surface area contributed by atoms with Gasteiger partial charge in [0.1, 0.15) is 12.7 Å². The van der Waals surface area contributed by atoms with Crippen LogP contribution in [0.1, 0.15) is 33.1 Å². The van der Waals surface area contributed by atoms with Gasteiger partial charge in [-0.05, 0) is 42.6 Å². The lowest BCUT2D eigenvalue weighted by molar-refractivity contribution is -0.142. The molecule has 2 rings (SSSR count). The van der Waals surface area contributed by atoms with Crippen molar-refractivity contribution < 1.29 is 29.0 Å². The number of allylic oxidation sites excluding steroid dienone is 1. The number of ether oxygens (including phenoxy) is 2. The van der Waals surface area contributed by atoms with Crippen molar-refractivity contribution in [3.63, 3.8) is 0 Å². The molecule has 1 heterocycles. The molecule has 0 aromatic rings. The van der Waals surface area contributed by atoms with Gasteiger partial charge < -0.3 is 14.6 Å². The second kappa shape index (κ2) is 6.91. The molecular formula is C17H20O6. The van der Waals surface area contributed by atoms with Gasteiger partial charge in [0.05, 0.1) is 11.7 Å². The Balaban J connectivity index is 2.37. The van der Waals surface area contributed by atoms with E-state index in [-0.39, 0.29) is 18.8 Å². The summed E-state index contributed by atoms with van der Waals surface area (Å²) in [6.07, 6.45) is 0.849. The van der Waals surface area contributed by atoms with Crippen molar-refractivity contribution >= 4 is 17.7 Å². The average molecular weight is 320 g/mol.